The third-order valence-corrected chi connectivity index (χ3v) is 12.4. The Labute approximate surface area is 384 Å². The number of nitrogen functional groups attached to an aromatic ring is 1. The second-order valence-corrected chi connectivity index (χ2v) is 17.2. The highest BCUT2D eigenvalue weighted by Crippen LogP contribution is 2.41. The van der Waals surface area contributed by atoms with Crippen LogP contribution in [0.15, 0.2) is 167 Å². The first-order chi connectivity index (χ1) is 31.9. The van der Waals surface area contributed by atoms with E-state index in [1.165, 1.54) is 11.8 Å². The van der Waals surface area contributed by atoms with Gasteiger partial charge in [-0.15, -0.1) is 0 Å². The van der Waals surface area contributed by atoms with Gasteiger partial charge in [0, 0.05) is 48.3 Å². The summed E-state index contributed by atoms with van der Waals surface area (Å²) in [6, 6.07) is 51.7. The van der Waals surface area contributed by atoms with Crippen molar-refractivity contribution in [1.29, 1.82) is 0 Å². The average molecular weight is 887 g/mol. The number of aliphatic hydroxyl groups is 1. The third-order valence-electron chi connectivity index (χ3n) is 11.4. The first-order valence-corrected chi connectivity index (χ1v) is 23.2. The summed E-state index contributed by atoms with van der Waals surface area (Å²) in [5.41, 5.74) is 15.7. The van der Waals surface area contributed by atoms with E-state index in [4.69, 9.17) is 24.6 Å². The smallest absolute Gasteiger partial charge is 0.256 e. The minimum absolute atomic E-state index is 0.0122. The molecule has 0 saturated carbocycles. The summed E-state index contributed by atoms with van der Waals surface area (Å²) in [6.07, 6.45) is 3.74. The van der Waals surface area contributed by atoms with Crippen LogP contribution >= 0.6 is 11.8 Å². The van der Waals surface area contributed by atoms with Crippen LogP contribution in [0.2, 0.25) is 0 Å². The van der Waals surface area contributed by atoms with Crippen molar-refractivity contribution in [3.05, 3.63) is 180 Å². The molecule has 3 atom stereocenters. The highest BCUT2D eigenvalue weighted by atomic mass is 32.2. The summed E-state index contributed by atoms with van der Waals surface area (Å²) in [5, 5.41) is 16.2. The fraction of sp³-hybridized carbons (Fsp3) is 0.241. The van der Waals surface area contributed by atoms with Crippen molar-refractivity contribution >= 4 is 35.0 Å². The minimum Gasteiger partial charge on any atom is -0.431 e. The summed E-state index contributed by atoms with van der Waals surface area (Å²) in [4.78, 5) is 30.0. The van der Waals surface area contributed by atoms with E-state index in [2.05, 4.69) is 34.9 Å². The molecule has 1 fully saturated rings. The Balaban J connectivity index is 0.863. The highest BCUT2D eigenvalue weighted by molar-refractivity contribution is 7.99. The van der Waals surface area contributed by atoms with Crippen LogP contribution in [0.1, 0.15) is 79.6 Å². The van der Waals surface area contributed by atoms with E-state index < -0.39 is 6.29 Å². The molecular formula is C54H54N4O6S. The number of aromatic nitrogens is 1. The maximum Gasteiger partial charge on any atom is 0.256 e. The number of thioether (sulfide) groups is 1. The number of nitrogens with zero attached hydrogens (tertiary/aromatic N) is 1. The number of oxazole rings is 1. The molecule has 6 aromatic carbocycles. The van der Waals surface area contributed by atoms with Crippen molar-refractivity contribution in [2.24, 2.45) is 0 Å². The number of carbonyl (C=O) groups is 2. The highest BCUT2D eigenvalue weighted by Gasteiger charge is 2.33. The van der Waals surface area contributed by atoms with Gasteiger partial charge in [-0.3, -0.25) is 9.59 Å². The molecule has 10 nitrogen and oxygen atoms in total. The zero-order valence-electron chi connectivity index (χ0n) is 36.2. The summed E-state index contributed by atoms with van der Waals surface area (Å²) in [6.45, 7) is 0.414. The van der Waals surface area contributed by atoms with Crippen LogP contribution in [-0.4, -0.2) is 33.8 Å². The molecular weight excluding hydrogens is 833 g/mol. The molecule has 0 radical (unpaired) electrons. The topological polar surface area (TPSA) is 149 Å². The van der Waals surface area contributed by atoms with Gasteiger partial charge in [0.1, 0.15) is 5.69 Å². The molecule has 11 heteroatoms. The minimum atomic E-state index is -0.615. The van der Waals surface area contributed by atoms with Gasteiger partial charge in [-0.1, -0.05) is 164 Å². The van der Waals surface area contributed by atoms with Gasteiger partial charge in [0.15, 0.2) is 12.1 Å². The Morgan fingerprint density at radius 2 is 1.32 bits per heavy atom. The van der Waals surface area contributed by atoms with E-state index >= 15 is 0 Å². The van der Waals surface area contributed by atoms with Crippen LogP contribution in [0, 0.1) is 0 Å². The van der Waals surface area contributed by atoms with Crippen LogP contribution in [-0.2, 0) is 32.2 Å². The second kappa shape index (κ2) is 22.4. The van der Waals surface area contributed by atoms with Crippen LogP contribution in [0.3, 0.4) is 0 Å². The number of rotatable bonds is 19. The lowest BCUT2D eigenvalue weighted by Gasteiger charge is -2.36. The van der Waals surface area contributed by atoms with Crippen molar-refractivity contribution in [3.63, 3.8) is 0 Å². The molecule has 65 heavy (non-hydrogen) atoms. The number of amides is 2. The number of carbonyl (C=O) groups excluding carboxylic acids is 2. The molecule has 0 aliphatic carbocycles. The van der Waals surface area contributed by atoms with Gasteiger partial charge in [-0.2, -0.15) is 0 Å². The first-order valence-electron chi connectivity index (χ1n) is 22.2. The number of nitrogens with two attached hydrogens (primary N) is 1. The predicted molar refractivity (Wildman–Crippen MR) is 257 cm³/mol. The molecule has 1 aromatic heterocycles. The fourth-order valence-electron chi connectivity index (χ4n) is 7.86. The largest absolute Gasteiger partial charge is 0.431 e. The maximum absolute atomic E-state index is 12.7. The Kier molecular flexibility index (Phi) is 15.5. The Morgan fingerprint density at radius 1 is 0.662 bits per heavy atom. The van der Waals surface area contributed by atoms with Crippen LogP contribution < -0.4 is 16.4 Å². The normalized spacial score (nSPS) is 15.9. The molecule has 2 heterocycles. The summed E-state index contributed by atoms with van der Waals surface area (Å²) >= 11 is 1.53. The van der Waals surface area contributed by atoms with Gasteiger partial charge < -0.3 is 35.4 Å². The number of nitrogens with one attached hydrogen (secondary N) is 2. The zero-order valence-corrected chi connectivity index (χ0v) is 37.1. The Bertz CT molecular complexity index is 2560. The Hall–Kier alpha value is -6.50. The number of benzene rings is 6. The number of anilines is 2. The lowest BCUT2D eigenvalue weighted by Crippen LogP contribution is -2.31. The van der Waals surface area contributed by atoms with E-state index in [1.54, 1.807) is 12.1 Å². The van der Waals surface area contributed by atoms with E-state index in [-0.39, 0.29) is 30.6 Å². The second-order valence-electron chi connectivity index (χ2n) is 16.2. The number of ether oxygens (including phenoxy) is 2. The predicted octanol–water partition coefficient (Wildman–Crippen LogP) is 11.7. The zero-order chi connectivity index (χ0) is 44.8. The first kappa shape index (κ1) is 45.1. The van der Waals surface area contributed by atoms with Crippen molar-refractivity contribution in [2.75, 3.05) is 16.8 Å². The quantitative estimate of drug-likeness (QED) is 0.0354. The fourth-order valence-corrected chi connectivity index (χ4v) is 8.70. The van der Waals surface area contributed by atoms with Crippen LogP contribution in [0.25, 0.3) is 33.7 Å². The van der Waals surface area contributed by atoms with Gasteiger partial charge in [0.25, 0.3) is 5.22 Å². The van der Waals surface area contributed by atoms with E-state index in [0.29, 0.717) is 48.2 Å². The summed E-state index contributed by atoms with van der Waals surface area (Å²) < 4.78 is 19.8. The molecule has 8 rings (SSSR count). The standard InChI is InChI=1S/C54H54N4O6S/c55-46-20-11-12-21-47(46)57-50(61)23-10-2-1-9-22-49(60)56-34-38-14-13-19-44(32-38)39-28-30-43(31-29-39)53-62-45(33-48(63-53)40-26-24-37(35-59)25-27-40)36-65-54-58-51(41-15-5-3-6-16-41)52(64-54)42-17-7-4-8-18-42/h3-8,11-21,24-32,45,48,53,59H,1-2,9-10,22-23,33-36,55H2,(H,56,60)(H,57,61)/t45-,48+,53+/m0/s1. The molecule has 332 valence electrons. The van der Waals surface area contributed by atoms with Crippen molar-refractivity contribution in [3.8, 4) is 33.7 Å². The summed E-state index contributed by atoms with van der Waals surface area (Å²) in [5.74, 6) is 1.29. The molecule has 1 aliphatic heterocycles. The lowest BCUT2D eigenvalue weighted by molar-refractivity contribution is -0.245. The van der Waals surface area contributed by atoms with E-state index in [0.717, 1.165) is 81.6 Å². The van der Waals surface area contributed by atoms with Crippen molar-refractivity contribution in [1.82, 2.24) is 10.3 Å². The van der Waals surface area contributed by atoms with Crippen LogP contribution in [0.4, 0.5) is 11.4 Å². The van der Waals surface area contributed by atoms with Gasteiger partial charge in [-0.25, -0.2) is 4.98 Å². The molecule has 7 aromatic rings. The molecule has 1 saturated heterocycles. The molecule has 0 spiro atoms. The molecule has 1 aliphatic rings. The number of para-hydroxylation sites is 2. The van der Waals surface area contributed by atoms with Crippen molar-refractivity contribution < 1.29 is 28.6 Å². The lowest BCUT2D eigenvalue weighted by atomic mass is 9.99. The van der Waals surface area contributed by atoms with Gasteiger partial charge >= 0.3 is 0 Å². The third kappa shape index (κ3) is 12.4. The maximum atomic E-state index is 12.7. The Morgan fingerprint density at radius 3 is 2.05 bits per heavy atom. The SMILES string of the molecule is Nc1ccccc1NC(=O)CCCCCCC(=O)NCc1cccc(-c2ccc([C@@H]3O[C@H](CSc4nc(-c5ccccc5)c(-c5ccccc5)o4)C[C@H](c4ccc(CO)cc4)O3)cc2)c1. The van der Waals surface area contributed by atoms with E-state index in [1.807, 2.05) is 121 Å². The van der Waals surface area contributed by atoms with Gasteiger partial charge in [0.2, 0.25) is 11.8 Å². The molecule has 2 amide bonds. The monoisotopic (exact) mass is 886 g/mol. The van der Waals surface area contributed by atoms with Gasteiger partial charge in [-0.05, 0) is 58.9 Å². The molecule has 0 bridgehead atoms. The number of aliphatic hydroxyl groups excluding tert-OH is 1. The van der Waals surface area contributed by atoms with Crippen molar-refractivity contribution in [2.45, 2.75) is 81.8 Å². The number of hydrogen-bond donors (Lipinski definition) is 4. The van der Waals surface area contributed by atoms with Gasteiger partial charge in [0.05, 0.1) is 30.2 Å². The average Bonchev–Trinajstić information content (AvgIpc) is 3.79. The van der Waals surface area contributed by atoms with E-state index in [9.17, 15) is 14.7 Å². The summed E-state index contributed by atoms with van der Waals surface area (Å²) in [7, 11) is 0. The number of unbranched alkanes of at least 4 members (excludes halogenated alkanes) is 3. The number of hydrogen-bond acceptors (Lipinski definition) is 9. The molecule has 0 unspecified atom stereocenters. The van der Waals surface area contributed by atoms with Crippen LogP contribution in [0.5, 0.6) is 0 Å². The molecule has 5 N–H and O–H groups in total.